The van der Waals surface area contributed by atoms with Crippen molar-refractivity contribution in [3.63, 3.8) is 0 Å². The van der Waals surface area contributed by atoms with Crippen LogP contribution in [0.4, 0.5) is 0 Å². The molecule has 4 heteroatoms. The second kappa shape index (κ2) is 6.04. The van der Waals surface area contributed by atoms with E-state index in [1.165, 1.54) is 18.5 Å². The number of ketones is 1. The molecular formula is C17H27N3O. The molecule has 1 aromatic rings. The number of allylic oxidation sites excluding steroid dienone is 1. The van der Waals surface area contributed by atoms with E-state index < -0.39 is 0 Å². The molecule has 1 aliphatic rings. The Kier molecular flexibility index (Phi) is 4.55. The first-order chi connectivity index (χ1) is 9.86. The van der Waals surface area contributed by atoms with E-state index in [1.807, 2.05) is 7.05 Å². The van der Waals surface area contributed by atoms with Gasteiger partial charge in [-0.25, -0.2) is 0 Å². The van der Waals surface area contributed by atoms with E-state index in [4.69, 9.17) is 5.10 Å². The number of carbonyl (C=O) groups excluding carboxylic acids is 1. The van der Waals surface area contributed by atoms with E-state index in [9.17, 15) is 4.79 Å². The fourth-order valence-corrected chi connectivity index (χ4v) is 2.90. The van der Waals surface area contributed by atoms with Crippen LogP contribution < -0.4 is 5.32 Å². The molecule has 0 unspecified atom stereocenters. The number of rotatable bonds is 6. The minimum absolute atomic E-state index is 0.112. The lowest BCUT2D eigenvalue weighted by molar-refractivity contribution is -0.114. The van der Waals surface area contributed by atoms with Crippen LogP contribution in [0.1, 0.15) is 70.8 Å². The van der Waals surface area contributed by atoms with Crippen LogP contribution in [0.15, 0.2) is 11.6 Å². The van der Waals surface area contributed by atoms with E-state index >= 15 is 0 Å². The molecule has 1 fully saturated rings. The van der Waals surface area contributed by atoms with Crippen molar-refractivity contribution in [2.75, 3.05) is 7.05 Å². The topological polar surface area (TPSA) is 46.9 Å². The highest BCUT2D eigenvalue weighted by molar-refractivity contribution is 6.00. The van der Waals surface area contributed by atoms with Crippen LogP contribution in [0.2, 0.25) is 0 Å². The number of nitrogens with zero attached hydrogens (tertiary/aromatic N) is 2. The van der Waals surface area contributed by atoms with Crippen LogP contribution in [0.5, 0.6) is 0 Å². The predicted octanol–water partition coefficient (Wildman–Crippen LogP) is 3.52. The fraction of sp³-hybridized carbons (Fsp3) is 0.647. The number of aromatic nitrogens is 2. The maximum Gasteiger partial charge on any atom is 0.158 e. The molecule has 4 nitrogen and oxygen atoms in total. The first-order valence-corrected chi connectivity index (χ1v) is 7.89. The molecule has 0 amide bonds. The summed E-state index contributed by atoms with van der Waals surface area (Å²) < 4.78 is 2.11. The molecule has 0 radical (unpaired) electrons. The predicted molar refractivity (Wildman–Crippen MR) is 86.1 cm³/mol. The number of carbonyl (C=O) groups is 1. The first kappa shape index (κ1) is 15.8. The van der Waals surface area contributed by atoms with E-state index in [-0.39, 0.29) is 11.7 Å². The summed E-state index contributed by atoms with van der Waals surface area (Å²) in [5.41, 5.74) is 3.90. The quantitative estimate of drug-likeness (QED) is 0.815. The first-order valence-electron chi connectivity index (χ1n) is 7.89. The molecule has 0 atom stereocenters. The maximum absolute atomic E-state index is 12.0. The summed E-state index contributed by atoms with van der Waals surface area (Å²) in [6, 6.07) is 2.50. The average Bonchev–Trinajstić information content (AvgIpc) is 3.13. The molecule has 1 heterocycles. The summed E-state index contributed by atoms with van der Waals surface area (Å²) in [4.78, 5) is 12.0. The third kappa shape index (κ3) is 3.20. The number of nitrogens with one attached hydrogen (secondary N) is 1. The summed E-state index contributed by atoms with van der Waals surface area (Å²) >= 11 is 0. The zero-order valence-corrected chi connectivity index (χ0v) is 14.0. The highest BCUT2D eigenvalue weighted by Gasteiger charge is 2.30. The smallest absolute Gasteiger partial charge is 0.158 e. The number of Topliss-reactive ketones (excluding diaryl/α,β-unsaturated/α-hetero) is 1. The fourth-order valence-electron chi connectivity index (χ4n) is 2.90. The van der Waals surface area contributed by atoms with Gasteiger partial charge in [0.1, 0.15) is 5.69 Å². The van der Waals surface area contributed by atoms with Gasteiger partial charge in [-0.3, -0.25) is 9.48 Å². The molecule has 1 N–H and O–H groups in total. The van der Waals surface area contributed by atoms with E-state index in [0.29, 0.717) is 12.0 Å². The van der Waals surface area contributed by atoms with Crippen molar-refractivity contribution in [1.29, 1.82) is 0 Å². The van der Waals surface area contributed by atoms with Gasteiger partial charge in [-0.1, -0.05) is 13.8 Å². The second-order valence-corrected chi connectivity index (χ2v) is 6.52. The Hall–Kier alpha value is -1.58. The van der Waals surface area contributed by atoms with Crippen LogP contribution in [0, 0.1) is 5.92 Å². The molecule has 1 aromatic heterocycles. The zero-order chi connectivity index (χ0) is 15.7. The number of hydrogen-bond acceptors (Lipinski definition) is 3. The Morgan fingerprint density at radius 3 is 2.33 bits per heavy atom. The summed E-state index contributed by atoms with van der Waals surface area (Å²) in [6.07, 6.45) is 2.50. The normalized spacial score (nSPS) is 16.4. The van der Waals surface area contributed by atoms with Crippen molar-refractivity contribution in [1.82, 2.24) is 15.1 Å². The van der Waals surface area contributed by atoms with Crippen molar-refractivity contribution in [2.45, 2.75) is 59.4 Å². The molecular weight excluding hydrogens is 262 g/mol. The van der Waals surface area contributed by atoms with Crippen LogP contribution >= 0.6 is 0 Å². The molecule has 21 heavy (non-hydrogen) atoms. The molecule has 0 spiro atoms. The van der Waals surface area contributed by atoms with Gasteiger partial charge in [0.2, 0.25) is 0 Å². The molecule has 0 bridgehead atoms. The third-order valence-corrected chi connectivity index (χ3v) is 3.98. The molecule has 116 valence electrons. The summed E-state index contributed by atoms with van der Waals surface area (Å²) in [7, 11) is 1.87. The summed E-state index contributed by atoms with van der Waals surface area (Å²) in [6.45, 7) is 10.0. The van der Waals surface area contributed by atoms with Crippen LogP contribution in [0.3, 0.4) is 0 Å². The largest absolute Gasteiger partial charge is 0.386 e. The van der Waals surface area contributed by atoms with Crippen LogP contribution in [-0.2, 0) is 4.79 Å². The Labute approximate surface area is 127 Å². The molecule has 0 aliphatic heterocycles. The lowest BCUT2D eigenvalue weighted by Crippen LogP contribution is -2.16. The zero-order valence-electron chi connectivity index (χ0n) is 14.0. The van der Waals surface area contributed by atoms with Gasteiger partial charge in [0.25, 0.3) is 0 Å². The van der Waals surface area contributed by atoms with Gasteiger partial charge in [0.15, 0.2) is 5.78 Å². The van der Waals surface area contributed by atoms with E-state index in [2.05, 4.69) is 43.8 Å². The lowest BCUT2D eigenvalue weighted by Gasteiger charge is -2.14. The van der Waals surface area contributed by atoms with E-state index in [0.717, 1.165) is 17.0 Å². The SMILES string of the molecule is CN/C(=C(\C(C)=O)C(C)C)c1cc(C2CC2)n(C(C)C)n1. The van der Waals surface area contributed by atoms with Crippen molar-refractivity contribution in [2.24, 2.45) is 5.92 Å². The minimum atomic E-state index is 0.112. The van der Waals surface area contributed by atoms with Crippen molar-refractivity contribution >= 4 is 11.5 Å². The summed E-state index contributed by atoms with van der Waals surface area (Å²) in [5.74, 6) is 0.937. The van der Waals surface area contributed by atoms with Gasteiger partial charge >= 0.3 is 0 Å². The highest BCUT2D eigenvalue weighted by atomic mass is 16.1. The molecule has 1 aliphatic carbocycles. The lowest BCUT2D eigenvalue weighted by atomic mass is 9.96. The molecule has 0 aromatic carbocycles. The second-order valence-electron chi connectivity index (χ2n) is 6.52. The van der Waals surface area contributed by atoms with Crippen molar-refractivity contribution < 1.29 is 4.79 Å². The van der Waals surface area contributed by atoms with Gasteiger partial charge in [0, 0.05) is 30.3 Å². The van der Waals surface area contributed by atoms with Crippen molar-refractivity contribution in [3.8, 4) is 0 Å². The Bertz CT molecular complexity index is 543. The van der Waals surface area contributed by atoms with E-state index in [1.54, 1.807) is 6.92 Å². The van der Waals surface area contributed by atoms with Crippen molar-refractivity contribution in [3.05, 3.63) is 23.0 Å². The molecule has 0 saturated heterocycles. The Morgan fingerprint density at radius 2 is 1.95 bits per heavy atom. The van der Waals surface area contributed by atoms with Gasteiger partial charge in [-0.15, -0.1) is 0 Å². The van der Waals surface area contributed by atoms with Gasteiger partial charge in [0.05, 0.1) is 5.70 Å². The Morgan fingerprint density at radius 1 is 1.33 bits per heavy atom. The van der Waals surface area contributed by atoms with Gasteiger partial charge in [-0.2, -0.15) is 5.10 Å². The monoisotopic (exact) mass is 289 g/mol. The van der Waals surface area contributed by atoms with Gasteiger partial charge < -0.3 is 5.32 Å². The van der Waals surface area contributed by atoms with Crippen LogP contribution in [-0.4, -0.2) is 22.6 Å². The summed E-state index contributed by atoms with van der Waals surface area (Å²) in [5, 5.41) is 7.97. The molecule has 1 saturated carbocycles. The van der Waals surface area contributed by atoms with Crippen LogP contribution in [0.25, 0.3) is 5.70 Å². The maximum atomic E-state index is 12.0. The standard InChI is InChI=1S/C17H27N3O/c1-10(2)16(12(5)21)17(18-6)14-9-15(13-7-8-13)20(19-14)11(3)4/h9-11,13,18H,7-8H2,1-6H3/b17-16-. The Balaban J connectivity index is 2.54. The molecule has 2 rings (SSSR count). The average molecular weight is 289 g/mol. The number of hydrogen-bond donors (Lipinski definition) is 1. The van der Waals surface area contributed by atoms with Gasteiger partial charge in [-0.05, 0) is 45.6 Å². The minimum Gasteiger partial charge on any atom is -0.386 e. The third-order valence-electron chi connectivity index (χ3n) is 3.98. The highest BCUT2D eigenvalue weighted by Crippen LogP contribution is 2.41.